The van der Waals surface area contributed by atoms with Crippen molar-refractivity contribution in [1.29, 1.82) is 5.26 Å². The Bertz CT molecular complexity index is 865. The Balaban J connectivity index is 0.000000701. The van der Waals surface area contributed by atoms with Gasteiger partial charge >= 0.3 is 0 Å². The van der Waals surface area contributed by atoms with Gasteiger partial charge in [-0.25, -0.2) is 15.0 Å². The first-order valence-electron chi connectivity index (χ1n) is 7.74. The standard InChI is InChI=1S/C14H11N7O.C3H8/c1-21-8-10(6-19-21)9-4-17-14(18-5-9)20-11-2-13(22)12(3-15)16-7-11;1-3-2/h2,4-8,22H,1H3,(H,17,18,20);3H2,1-2H3. The van der Waals surface area contributed by atoms with E-state index in [2.05, 4.69) is 39.2 Å². The van der Waals surface area contributed by atoms with Crippen LogP contribution in [0.2, 0.25) is 0 Å². The van der Waals surface area contributed by atoms with E-state index in [-0.39, 0.29) is 11.4 Å². The zero-order chi connectivity index (χ0) is 18.2. The number of aromatic nitrogens is 5. The molecule has 3 heterocycles. The molecule has 0 aliphatic carbocycles. The molecule has 8 heteroatoms. The van der Waals surface area contributed by atoms with Crippen LogP contribution in [-0.2, 0) is 7.05 Å². The Labute approximate surface area is 145 Å². The second kappa shape index (κ2) is 8.40. The molecule has 3 aromatic heterocycles. The summed E-state index contributed by atoms with van der Waals surface area (Å²) in [4.78, 5) is 12.2. The van der Waals surface area contributed by atoms with E-state index in [0.717, 1.165) is 11.1 Å². The van der Waals surface area contributed by atoms with Crippen molar-refractivity contribution in [3.05, 3.63) is 42.7 Å². The number of hydrogen-bond donors (Lipinski definition) is 2. The number of aromatic hydroxyl groups is 1. The Kier molecular flexibility index (Phi) is 6.01. The van der Waals surface area contributed by atoms with Gasteiger partial charge in [0.15, 0.2) is 11.4 Å². The van der Waals surface area contributed by atoms with Gasteiger partial charge in [0.2, 0.25) is 5.95 Å². The van der Waals surface area contributed by atoms with E-state index in [9.17, 15) is 5.11 Å². The lowest BCUT2D eigenvalue weighted by molar-refractivity contribution is 0.471. The predicted molar refractivity (Wildman–Crippen MR) is 94.1 cm³/mol. The molecule has 3 aromatic rings. The molecule has 0 aromatic carbocycles. The van der Waals surface area contributed by atoms with Crippen molar-refractivity contribution in [3.63, 3.8) is 0 Å². The minimum absolute atomic E-state index is 0.0293. The topological polar surface area (TPSA) is 113 Å². The zero-order valence-electron chi connectivity index (χ0n) is 14.3. The van der Waals surface area contributed by atoms with E-state index in [1.54, 1.807) is 29.3 Å². The van der Waals surface area contributed by atoms with Gasteiger partial charge in [0, 0.05) is 42.8 Å². The van der Waals surface area contributed by atoms with E-state index in [4.69, 9.17) is 5.26 Å². The van der Waals surface area contributed by atoms with Gasteiger partial charge in [-0.3, -0.25) is 4.68 Å². The van der Waals surface area contributed by atoms with Crippen LogP contribution in [0, 0.1) is 11.3 Å². The van der Waals surface area contributed by atoms with E-state index in [0.29, 0.717) is 11.6 Å². The smallest absolute Gasteiger partial charge is 0.227 e. The Hall–Kier alpha value is -3.47. The van der Waals surface area contributed by atoms with E-state index in [1.807, 2.05) is 13.2 Å². The van der Waals surface area contributed by atoms with Gasteiger partial charge < -0.3 is 10.4 Å². The van der Waals surface area contributed by atoms with Crippen LogP contribution in [0.25, 0.3) is 11.1 Å². The number of rotatable bonds is 3. The van der Waals surface area contributed by atoms with Crippen LogP contribution in [0.15, 0.2) is 37.1 Å². The maximum atomic E-state index is 9.59. The fourth-order valence-electron chi connectivity index (χ4n) is 1.85. The highest BCUT2D eigenvalue weighted by atomic mass is 16.3. The molecule has 8 nitrogen and oxygen atoms in total. The number of anilines is 2. The molecule has 0 aliphatic rings. The van der Waals surface area contributed by atoms with Gasteiger partial charge in [-0.1, -0.05) is 20.3 Å². The van der Waals surface area contributed by atoms with Crippen LogP contribution in [0.4, 0.5) is 11.6 Å². The third-order valence-corrected chi connectivity index (χ3v) is 2.92. The molecule has 0 spiro atoms. The SMILES string of the molecule is CCC.Cn1cc(-c2cnc(Nc3cnc(C#N)c(O)c3)nc2)cn1. The molecular weight excluding hydrogens is 318 g/mol. The molecule has 25 heavy (non-hydrogen) atoms. The minimum atomic E-state index is -0.195. The summed E-state index contributed by atoms with van der Waals surface area (Å²) < 4.78 is 1.70. The average Bonchev–Trinajstić information content (AvgIpc) is 3.03. The van der Waals surface area contributed by atoms with Crippen molar-refractivity contribution < 1.29 is 5.11 Å². The lowest BCUT2D eigenvalue weighted by Gasteiger charge is -2.05. The van der Waals surface area contributed by atoms with Crippen LogP contribution >= 0.6 is 0 Å². The van der Waals surface area contributed by atoms with Gasteiger partial charge in [-0.05, 0) is 0 Å². The molecule has 0 unspecified atom stereocenters. The summed E-state index contributed by atoms with van der Waals surface area (Å²) in [5.74, 6) is 0.165. The number of aryl methyl sites for hydroxylation is 1. The maximum Gasteiger partial charge on any atom is 0.227 e. The van der Waals surface area contributed by atoms with E-state index < -0.39 is 0 Å². The summed E-state index contributed by atoms with van der Waals surface area (Å²) in [5, 5.41) is 25.3. The first kappa shape index (κ1) is 17.9. The average molecular weight is 337 g/mol. The zero-order valence-corrected chi connectivity index (χ0v) is 14.3. The number of nitrogens with zero attached hydrogens (tertiary/aromatic N) is 6. The van der Waals surface area contributed by atoms with Gasteiger partial charge in [-0.15, -0.1) is 0 Å². The Morgan fingerprint density at radius 1 is 1.12 bits per heavy atom. The van der Waals surface area contributed by atoms with Crippen LogP contribution < -0.4 is 5.32 Å². The Morgan fingerprint density at radius 2 is 1.80 bits per heavy atom. The fourth-order valence-corrected chi connectivity index (χ4v) is 1.85. The molecule has 0 amide bonds. The number of nitrogens with one attached hydrogen (secondary N) is 1. The van der Waals surface area contributed by atoms with Crippen molar-refractivity contribution >= 4 is 11.6 Å². The number of nitriles is 1. The summed E-state index contributed by atoms with van der Waals surface area (Å²) in [6, 6.07) is 3.18. The molecule has 3 rings (SSSR count). The third-order valence-electron chi connectivity index (χ3n) is 2.92. The molecular formula is C17H19N7O. The summed E-state index contributed by atoms with van der Waals surface area (Å²) in [6.07, 6.45) is 9.62. The largest absolute Gasteiger partial charge is 0.505 e. The molecule has 0 atom stereocenters. The van der Waals surface area contributed by atoms with Crippen LogP contribution in [0.1, 0.15) is 26.0 Å². The molecule has 0 fully saturated rings. The second-order valence-corrected chi connectivity index (χ2v) is 5.23. The third kappa shape index (κ3) is 4.75. The molecule has 0 aliphatic heterocycles. The first-order chi connectivity index (χ1) is 12.1. The van der Waals surface area contributed by atoms with Gasteiger partial charge in [0.05, 0.1) is 18.1 Å². The van der Waals surface area contributed by atoms with E-state index in [1.165, 1.54) is 18.7 Å². The summed E-state index contributed by atoms with van der Waals surface area (Å²) in [5.41, 5.74) is 2.23. The molecule has 0 saturated carbocycles. The molecule has 0 radical (unpaired) electrons. The van der Waals surface area contributed by atoms with Crippen molar-refractivity contribution in [2.24, 2.45) is 7.05 Å². The molecule has 0 saturated heterocycles. The Morgan fingerprint density at radius 3 is 2.32 bits per heavy atom. The fraction of sp³-hybridized carbons (Fsp3) is 0.235. The summed E-state index contributed by atoms with van der Waals surface area (Å²) in [7, 11) is 1.84. The van der Waals surface area contributed by atoms with Crippen LogP contribution in [0.3, 0.4) is 0 Å². The number of pyridine rings is 1. The lowest BCUT2D eigenvalue weighted by Crippen LogP contribution is -1.98. The maximum absolute atomic E-state index is 9.59. The van der Waals surface area contributed by atoms with Crippen molar-refractivity contribution in [3.8, 4) is 22.9 Å². The highest BCUT2D eigenvalue weighted by Crippen LogP contribution is 2.21. The molecule has 0 bridgehead atoms. The van der Waals surface area contributed by atoms with Gasteiger partial charge in [0.1, 0.15) is 6.07 Å². The number of hydrogen-bond acceptors (Lipinski definition) is 7. The van der Waals surface area contributed by atoms with E-state index >= 15 is 0 Å². The predicted octanol–water partition coefficient (Wildman–Crippen LogP) is 3.01. The quantitative estimate of drug-likeness (QED) is 0.755. The first-order valence-corrected chi connectivity index (χ1v) is 7.74. The second-order valence-electron chi connectivity index (χ2n) is 5.23. The highest BCUT2D eigenvalue weighted by molar-refractivity contribution is 5.61. The summed E-state index contributed by atoms with van der Waals surface area (Å²) >= 11 is 0. The van der Waals surface area contributed by atoms with Crippen molar-refractivity contribution in [2.75, 3.05) is 5.32 Å². The van der Waals surface area contributed by atoms with Crippen molar-refractivity contribution in [1.82, 2.24) is 24.7 Å². The highest BCUT2D eigenvalue weighted by Gasteiger charge is 2.06. The minimum Gasteiger partial charge on any atom is -0.505 e. The lowest BCUT2D eigenvalue weighted by atomic mass is 10.2. The van der Waals surface area contributed by atoms with Crippen molar-refractivity contribution in [2.45, 2.75) is 20.3 Å². The van der Waals surface area contributed by atoms with Gasteiger partial charge in [-0.2, -0.15) is 10.4 Å². The van der Waals surface area contributed by atoms with Crippen LogP contribution in [0.5, 0.6) is 5.75 Å². The normalized spacial score (nSPS) is 9.68. The van der Waals surface area contributed by atoms with Crippen LogP contribution in [-0.4, -0.2) is 29.8 Å². The summed E-state index contributed by atoms with van der Waals surface area (Å²) in [6.45, 7) is 4.25. The monoisotopic (exact) mass is 337 g/mol. The van der Waals surface area contributed by atoms with Gasteiger partial charge in [0.25, 0.3) is 0 Å². The molecule has 2 N–H and O–H groups in total. The molecule has 128 valence electrons.